The van der Waals surface area contributed by atoms with E-state index in [2.05, 4.69) is 15.0 Å². The highest BCUT2D eigenvalue weighted by atomic mass is 31.2. The molecule has 0 aliphatic carbocycles. The van der Waals surface area contributed by atoms with Gasteiger partial charge >= 0.3 is 19.5 Å². The van der Waals surface area contributed by atoms with Gasteiger partial charge in [-0.25, -0.2) is 15.0 Å². The number of hydrogen-bond acceptors (Lipinski definition) is 12. The van der Waals surface area contributed by atoms with Gasteiger partial charge < -0.3 is 24.5 Å². The van der Waals surface area contributed by atoms with E-state index >= 15 is 0 Å². The SMILES string of the molecule is CCC(C)(C)C(=O)OCOP(=O)(COCCn1cnc2c(N)ncnc21)OCOC(=O)C(C)(C)C. The second-order valence-corrected chi connectivity index (χ2v) is 11.4. The topological polar surface area (TPSA) is 167 Å². The first kappa shape index (κ1) is 28.6. The van der Waals surface area contributed by atoms with Crippen LogP contribution in [-0.4, -0.2) is 58.0 Å². The lowest BCUT2D eigenvalue weighted by Gasteiger charge is -2.23. The van der Waals surface area contributed by atoms with Crippen molar-refractivity contribution >= 4 is 36.5 Å². The molecule has 2 N–H and O–H groups in total. The molecule has 0 aromatic carbocycles. The fraction of sp³-hybridized carbons (Fsp3) is 0.667. The number of carbonyl (C=O) groups excluding carboxylic acids is 2. The van der Waals surface area contributed by atoms with Crippen LogP contribution in [0.4, 0.5) is 5.82 Å². The number of nitrogens with two attached hydrogens (primary N) is 1. The van der Waals surface area contributed by atoms with Crippen molar-refractivity contribution in [3.63, 3.8) is 0 Å². The van der Waals surface area contributed by atoms with E-state index in [0.717, 1.165) is 0 Å². The van der Waals surface area contributed by atoms with Gasteiger partial charge in [0, 0.05) is 6.54 Å². The smallest absolute Gasteiger partial charge is 0.361 e. The predicted octanol–water partition coefficient (Wildman–Crippen LogP) is 3.09. The van der Waals surface area contributed by atoms with Crippen LogP contribution in [-0.2, 0) is 44.0 Å². The Morgan fingerprint density at radius 3 is 2.26 bits per heavy atom. The molecule has 0 spiro atoms. The van der Waals surface area contributed by atoms with Gasteiger partial charge in [-0.1, -0.05) is 6.92 Å². The van der Waals surface area contributed by atoms with Crippen molar-refractivity contribution in [2.24, 2.45) is 10.8 Å². The molecule has 0 amide bonds. The Balaban J connectivity index is 1.95. The molecule has 0 saturated heterocycles. The van der Waals surface area contributed by atoms with Gasteiger partial charge in [-0.15, -0.1) is 0 Å². The molecule has 0 fully saturated rings. The second kappa shape index (κ2) is 11.9. The Labute approximate surface area is 204 Å². The molecule has 1 atom stereocenters. The maximum absolute atomic E-state index is 13.2. The van der Waals surface area contributed by atoms with Gasteiger partial charge in [0.1, 0.15) is 18.2 Å². The first-order valence-corrected chi connectivity index (χ1v) is 12.7. The van der Waals surface area contributed by atoms with Gasteiger partial charge in [0.25, 0.3) is 0 Å². The maximum atomic E-state index is 13.2. The summed E-state index contributed by atoms with van der Waals surface area (Å²) in [5, 5.41) is 0. The van der Waals surface area contributed by atoms with E-state index in [0.29, 0.717) is 24.1 Å². The highest BCUT2D eigenvalue weighted by Crippen LogP contribution is 2.48. The zero-order valence-electron chi connectivity index (χ0n) is 21.0. The highest BCUT2D eigenvalue weighted by Gasteiger charge is 2.31. The molecule has 2 aromatic heterocycles. The van der Waals surface area contributed by atoms with Crippen LogP contribution >= 0.6 is 7.60 Å². The minimum absolute atomic E-state index is 0.0938. The van der Waals surface area contributed by atoms with Crippen LogP contribution in [0.15, 0.2) is 12.7 Å². The van der Waals surface area contributed by atoms with Gasteiger partial charge in [-0.3, -0.25) is 23.2 Å². The van der Waals surface area contributed by atoms with Crippen molar-refractivity contribution in [2.75, 3.05) is 32.3 Å². The molecule has 2 heterocycles. The molecule has 196 valence electrons. The van der Waals surface area contributed by atoms with Crippen molar-refractivity contribution in [3.8, 4) is 0 Å². The van der Waals surface area contributed by atoms with Gasteiger partial charge in [-0.2, -0.15) is 0 Å². The number of ether oxygens (including phenoxy) is 3. The number of nitrogen functional groups attached to an aromatic ring is 1. The van der Waals surface area contributed by atoms with Crippen LogP contribution in [0.3, 0.4) is 0 Å². The zero-order valence-corrected chi connectivity index (χ0v) is 21.9. The standard InChI is InChI=1S/C21H34N5O8P/c1-7-21(5,6)19(28)32-13-34-35(29,33-12-31-18(27)20(2,3)4)14-30-9-8-26-11-25-15-16(22)23-10-24-17(15)26/h10-11H,7-9,12-14H2,1-6H3,(H2,22,23,24). The molecule has 0 bridgehead atoms. The van der Waals surface area contributed by atoms with E-state index in [-0.39, 0.29) is 12.4 Å². The summed E-state index contributed by atoms with van der Waals surface area (Å²) in [4.78, 5) is 36.3. The van der Waals surface area contributed by atoms with Crippen LogP contribution in [0.25, 0.3) is 11.2 Å². The number of anilines is 1. The molecule has 13 nitrogen and oxygen atoms in total. The summed E-state index contributed by atoms with van der Waals surface area (Å²) < 4.78 is 40.9. The van der Waals surface area contributed by atoms with Crippen molar-refractivity contribution < 1.29 is 37.4 Å². The molecule has 35 heavy (non-hydrogen) atoms. The number of nitrogens with zero attached hydrogens (tertiary/aromatic N) is 4. The number of esters is 2. The van der Waals surface area contributed by atoms with Gasteiger partial charge in [0.15, 0.2) is 11.5 Å². The monoisotopic (exact) mass is 515 g/mol. The summed E-state index contributed by atoms with van der Waals surface area (Å²) in [5.41, 5.74) is 5.26. The summed E-state index contributed by atoms with van der Waals surface area (Å²) in [7, 11) is -3.95. The molecular weight excluding hydrogens is 481 g/mol. The number of rotatable bonds is 13. The lowest BCUT2D eigenvalue weighted by molar-refractivity contribution is -0.163. The molecule has 0 radical (unpaired) electrons. The first-order chi connectivity index (χ1) is 16.3. The molecule has 0 aliphatic heterocycles. The van der Waals surface area contributed by atoms with E-state index in [1.165, 1.54) is 12.7 Å². The highest BCUT2D eigenvalue weighted by molar-refractivity contribution is 7.53. The summed E-state index contributed by atoms with van der Waals surface area (Å²) >= 11 is 0. The van der Waals surface area contributed by atoms with Gasteiger partial charge in [0.05, 0.1) is 23.8 Å². The lowest BCUT2D eigenvalue weighted by Crippen LogP contribution is -2.27. The van der Waals surface area contributed by atoms with E-state index in [1.807, 2.05) is 6.92 Å². The lowest BCUT2D eigenvalue weighted by atomic mass is 9.91. The molecule has 2 aromatic rings. The maximum Gasteiger partial charge on any atom is 0.361 e. The van der Waals surface area contributed by atoms with E-state index in [9.17, 15) is 14.2 Å². The normalized spacial score (nSPS) is 14.0. The molecule has 0 saturated carbocycles. The number of aromatic nitrogens is 4. The van der Waals surface area contributed by atoms with Crippen LogP contribution in [0.2, 0.25) is 0 Å². The van der Waals surface area contributed by atoms with Crippen molar-refractivity contribution in [3.05, 3.63) is 12.7 Å². The fourth-order valence-corrected chi connectivity index (χ4v) is 3.39. The third-order valence-corrected chi connectivity index (χ3v) is 6.58. The quantitative estimate of drug-likeness (QED) is 0.179. The Morgan fingerprint density at radius 1 is 1.03 bits per heavy atom. The Kier molecular flexibility index (Phi) is 9.73. The van der Waals surface area contributed by atoms with Crippen LogP contribution in [0.5, 0.6) is 0 Å². The molecule has 0 aliphatic rings. The summed E-state index contributed by atoms with van der Waals surface area (Å²) in [6, 6.07) is 0. The fourth-order valence-electron chi connectivity index (χ4n) is 2.39. The number of fused-ring (bicyclic) bond motifs is 1. The van der Waals surface area contributed by atoms with Crippen molar-refractivity contribution in [1.82, 2.24) is 19.5 Å². The predicted molar refractivity (Wildman–Crippen MR) is 126 cm³/mol. The van der Waals surface area contributed by atoms with Crippen LogP contribution in [0, 0.1) is 10.8 Å². The Morgan fingerprint density at radius 2 is 1.66 bits per heavy atom. The summed E-state index contributed by atoms with van der Waals surface area (Å²) in [6.07, 6.45) is 2.93. The molecule has 14 heteroatoms. The Bertz CT molecular complexity index is 1070. The summed E-state index contributed by atoms with van der Waals surface area (Å²) in [6.45, 7) is 9.47. The number of hydrogen-bond donors (Lipinski definition) is 1. The van der Waals surface area contributed by atoms with Gasteiger partial charge in [0.2, 0.25) is 13.6 Å². The largest absolute Gasteiger partial charge is 0.438 e. The first-order valence-electron chi connectivity index (χ1n) is 11.0. The summed E-state index contributed by atoms with van der Waals surface area (Å²) in [5.74, 6) is -0.805. The number of imidazole rings is 1. The second-order valence-electron chi connectivity index (χ2n) is 9.36. The van der Waals surface area contributed by atoms with E-state index in [1.54, 1.807) is 39.2 Å². The minimum Gasteiger partial charge on any atom is -0.438 e. The van der Waals surface area contributed by atoms with Gasteiger partial charge in [-0.05, 0) is 41.0 Å². The van der Waals surface area contributed by atoms with Crippen LogP contribution in [0.1, 0.15) is 48.0 Å². The molecule has 2 rings (SSSR count). The van der Waals surface area contributed by atoms with E-state index in [4.69, 9.17) is 29.0 Å². The average Bonchev–Trinajstić information content (AvgIpc) is 3.20. The van der Waals surface area contributed by atoms with Crippen molar-refractivity contribution in [2.45, 2.75) is 54.5 Å². The Hall–Kier alpha value is -2.60. The average molecular weight is 516 g/mol. The molecular formula is C21H34N5O8P. The zero-order chi connectivity index (χ0) is 26.3. The molecule has 1 unspecified atom stereocenters. The van der Waals surface area contributed by atoms with Crippen molar-refractivity contribution in [1.29, 1.82) is 0 Å². The third kappa shape index (κ3) is 8.24. The van der Waals surface area contributed by atoms with Crippen LogP contribution < -0.4 is 5.73 Å². The third-order valence-electron chi connectivity index (χ3n) is 5.08. The number of carbonyl (C=O) groups is 2. The van der Waals surface area contributed by atoms with E-state index < -0.39 is 50.3 Å². The minimum atomic E-state index is -3.95.